The number of nitrogens with two attached hydrogens (primary N) is 5. The van der Waals surface area contributed by atoms with Crippen LogP contribution in [-0.4, -0.2) is 188 Å². The predicted molar refractivity (Wildman–Crippen MR) is 522 cm³/mol. The molecule has 8 rings (SSSR count). The monoisotopic (exact) mass is 2110 g/mol. The van der Waals surface area contributed by atoms with E-state index in [0.717, 1.165) is 49.9 Å². The molecule has 1 saturated heterocycles. The number of hydrogen-bond donors (Lipinski definition) is 10. The standard InChI is InChI=1S/C18H21N3O6S.C11H16ClNO3S.C11H18N2O3S.C11H17NO.C10H16O3.C8H6N2O2.C7H12O3.C4H7BrO.C4H8O.C2H4O2.C2H6O.ClHO2S.H4N2.H3N.Na.H/c1-4-13-16(11(3)23)17(28(19,25)26)14(5-2)21(13)20-18(24)12-8-6-7-9-15(12)27-10-22;2*1-5-8-10(7(3)14)11(17(12,15)16)9(6-2)13(8)4;1-5-9-7-10(8(3)13)11(6-2)12(9)4;1-4-8(12)6-9(7(3)11)10(13)5-2;9-10-7(11)5-3-1-2-4-6(5)8(10)12;1-3-6(8)5-7(9)10-4-2;1-2-4(6)3-5;1-2-4-5-3-1;1-2(3)4;1-2-3;1-4(2)3;1-2;;;/h6-10H,4-5H2,1-3H3,(H,20,24)(H2,19,25,26);5-6H2,1-4H3;5-6H2,1-4H3,(H2,12,15,16);7H,5-6H2,1-4H3;9H,4-6H2,1-3H3;1-4H,9H2;3-5H2,1-2H3;2-3H2,1H3;1-4H2;1H3,(H,3,4);3H,2H2,1H3;(H,2,3);1-2H2;1H3;;/q;;;;;;;;;;;;;;+1;-1. The number of rotatable bonds is 31. The van der Waals surface area contributed by atoms with Crippen LogP contribution in [0, 0.1) is 5.92 Å². The number of fused-ring (bicyclic) bond motifs is 1. The minimum atomic E-state index is -4.21. The fourth-order valence-electron chi connectivity index (χ4n) is 12.7. The van der Waals surface area contributed by atoms with Gasteiger partial charge >= 0.3 is 35.5 Å². The first-order chi connectivity index (χ1) is 62.4. The number of halogens is 3. The van der Waals surface area contributed by atoms with Crippen molar-refractivity contribution >= 4 is 165 Å². The number of esters is 1. The number of hydrogen-bond acceptors (Lipinski definition) is 30. The third kappa shape index (κ3) is 48.3. The first kappa shape index (κ1) is 140. The first-order valence-electron chi connectivity index (χ1n) is 42.3. The molecule has 4 aromatic heterocycles. The van der Waals surface area contributed by atoms with Crippen molar-refractivity contribution in [2.75, 3.05) is 37.2 Å². The second kappa shape index (κ2) is 73.5. The van der Waals surface area contributed by atoms with Gasteiger partial charge in [0.2, 0.25) is 20.0 Å². The molecule has 17 N–H and O–H groups in total. The van der Waals surface area contributed by atoms with E-state index < -0.39 is 80.8 Å². The average molecular weight is 2120 g/mol. The molecule has 2 unspecified atom stereocenters. The van der Waals surface area contributed by atoms with Crippen molar-refractivity contribution in [3.63, 3.8) is 0 Å². The summed E-state index contributed by atoms with van der Waals surface area (Å²) in [6, 6.07) is 14.6. The van der Waals surface area contributed by atoms with Crippen LogP contribution < -0.4 is 73.7 Å². The number of primary sulfonamides is 2. The van der Waals surface area contributed by atoms with Crippen molar-refractivity contribution in [2.24, 2.45) is 54.9 Å². The van der Waals surface area contributed by atoms with Gasteiger partial charge in [0.25, 0.3) is 49.5 Å². The van der Waals surface area contributed by atoms with Crippen molar-refractivity contribution in [1.29, 1.82) is 0 Å². The second-order valence-electron chi connectivity index (χ2n) is 27.9. The zero-order valence-corrected chi connectivity index (χ0v) is 90.7. The summed E-state index contributed by atoms with van der Waals surface area (Å²) >= 11 is 3.03. The number of Topliss-reactive ketones (excluding diaryl/α,β-unsaturated/α-hetero) is 9. The molecular weight excluding hydrogens is 1980 g/mol. The molecule has 6 heterocycles. The van der Waals surface area contributed by atoms with Gasteiger partial charge in [-0.1, -0.05) is 123 Å². The number of benzene rings is 2. The number of aliphatic carboxylic acids is 1. The van der Waals surface area contributed by atoms with Crippen LogP contribution in [0.15, 0.2) is 69.3 Å². The molecule has 1 fully saturated rings. The molecule has 2 aliphatic rings. The van der Waals surface area contributed by atoms with E-state index in [9.17, 15) is 92.4 Å². The van der Waals surface area contributed by atoms with Crippen LogP contribution in [0.5, 0.6) is 5.75 Å². The molecule has 0 spiro atoms. The van der Waals surface area contributed by atoms with Crippen molar-refractivity contribution in [2.45, 2.75) is 256 Å². The van der Waals surface area contributed by atoms with Gasteiger partial charge in [0.1, 0.15) is 55.8 Å². The number of sulfonamides is 2. The maximum Gasteiger partial charge on any atom is 1.00 e. The number of carboxylic acid groups (broad SMARTS) is 1. The molecule has 2 aromatic carbocycles. The van der Waals surface area contributed by atoms with Crippen molar-refractivity contribution in [1.82, 2.24) is 29.5 Å². The van der Waals surface area contributed by atoms with Gasteiger partial charge in [-0.25, -0.2) is 50.6 Å². The van der Waals surface area contributed by atoms with E-state index in [2.05, 4.69) is 66.9 Å². The van der Waals surface area contributed by atoms with Crippen molar-refractivity contribution in [3.05, 3.63) is 139 Å². The van der Waals surface area contributed by atoms with E-state index in [1.807, 2.05) is 47.7 Å². The number of aromatic nitrogens is 4. The van der Waals surface area contributed by atoms with E-state index >= 15 is 0 Å². The molecule has 3 amide bonds. The largest absolute Gasteiger partial charge is 1.00 e. The molecule has 0 radical (unpaired) electrons. The van der Waals surface area contributed by atoms with Gasteiger partial charge in [-0.05, 0) is 143 Å². The van der Waals surface area contributed by atoms with Crippen molar-refractivity contribution in [3.8, 4) is 5.75 Å². The van der Waals surface area contributed by atoms with Crippen LogP contribution in [0.4, 0.5) is 0 Å². The number of ether oxygens (including phenoxy) is 3. The molecule has 2 atom stereocenters. The number of carboxylic acids is 1. The number of nitrogens with one attached hydrogen (secondary N) is 1. The summed E-state index contributed by atoms with van der Waals surface area (Å²) in [5, 5.41) is 26.7. The Kier molecular flexibility index (Phi) is 75.8. The Bertz CT molecular complexity index is 5160. The van der Waals surface area contributed by atoms with Crippen molar-refractivity contribution < 1.29 is 161 Å². The quantitative estimate of drug-likeness (QED) is 0.00159. The number of aliphatic hydroxyl groups excluding tert-OH is 1. The number of hydrazine groups is 2. The Hall–Kier alpha value is -8.69. The molecule has 136 heavy (non-hydrogen) atoms. The Balaban J connectivity index is -0.000000230. The van der Waals surface area contributed by atoms with Crippen LogP contribution in [0.25, 0.3) is 0 Å². The minimum Gasteiger partial charge on any atom is -1.00 e. The molecule has 48 heteroatoms. The molecule has 0 bridgehead atoms. The molecule has 0 saturated carbocycles. The maximum absolute atomic E-state index is 12.8. The van der Waals surface area contributed by atoms with E-state index in [1.165, 1.54) is 63.0 Å². The fourth-order valence-corrected chi connectivity index (χ4v) is 16.9. The van der Waals surface area contributed by atoms with Gasteiger partial charge in [0, 0.05) is 141 Å². The smallest absolute Gasteiger partial charge is 1.00 e. The Morgan fingerprint density at radius 3 is 1.24 bits per heavy atom. The third-order valence-electron chi connectivity index (χ3n) is 18.7. The van der Waals surface area contributed by atoms with E-state index in [0.29, 0.717) is 102 Å². The van der Waals surface area contributed by atoms with E-state index in [1.54, 1.807) is 115 Å². The predicted octanol–water partition coefficient (Wildman–Crippen LogP) is 8.34. The summed E-state index contributed by atoms with van der Waals surface area (Å²) in [4.78, 5) is 166. The van der Waals surface area contributed by atoms with Gasteiger partial charge in [-0.15, -0.1) is 0 Å². The van der Waals surface area contributed by atoms with E-state index in [-0.39, 0.29) is 171 Å². The molecule has 0 aliphatic carbocycles. The van der Waals surface area contributed by atoms with Gasteiger partial charge in [0.15, 0.2) is 23.1 Å². The normalized spacial score (nSPS) is 11.5. The summed E-state index contributed by atoms with van der Waals surface area (Å²) in [7, 11) is 1.17. The van der Waals surface area contributed by atoms with Crippen LogP contribution in [0.2, 0.25) is 0 Å². The second-order valence-corrected chi connectivity index (χ2v) is 35.2. The summed E-state index contributed by atoms with van der Waals surface area (Å²) in [5.41, 5.74) is 10.3. The molecule has 2 aliphatic heterocycles. The van der Waals surface area contributed by atoms with Gasteiger partial charge in [-0.2, -0.15) is 0 Å². The number of imide groups is 1. The number of ketones is 9. The Morgan fingerprint density at radius 1 is 0.574 bits per heavy atom. The Morgan fingerprint density at radius 2 is 0.941 bits per heavy atom. The SMILES string of the molecule is C1CCOC1.CC(=O)O.CCC(=O)CBr.CCC(=O)CC(C(C)=O)C(=O)CC.CCO.CCOC(=O)CC(=O)CC.CCc1c(C(C)=O)c(S(=O)(=O)Cl)c(CC)n1C.CCc1c(C(C)=O)c(S(N)(=O)=O)c(CC)n1C.CCc1c(C(C)=O)c(S(N)(=O)=O)c(CC)n1NC(=O)c1ccccc1OC=O.CCc1cc(C(C)=O)c(CC)n1C.N.NN.NN1C(=O)c2ccccc2C1=O.O=S(O)Cl.[H-].[Na+]. The summed E-state index contributed by atoms with van der Waals surface area (Å²) in [6.45, 7) is 36.3. The zero-order valence-electron chi connectivity index (χ0n) is 83.3. The minimum absolute atomic E-state index is 0. The van der Waals surface area contributed by atoms with Crippen LogP contribution in [0.1, 0.15) is 309 Å². The van der Waals surface area contributed by atoms with Crippen LogP contribution in [-0.2, 0) is 160 Å². The van der Waals surface area contributed by atoms with Gasteiger partial charge in [0.05, 0.1) is 62.6 Å². The molecule has 6 aromatic rings. The number of para-hydroxylation sites is 1. The fraction of sp³-hybridized carbons (Fsp3) is 0.511. The number of carbonyl (C=O) groups excluding carboxylic acids is 14. The summed E-state index contributed by atoms with van der Waals surface area (Å²) < 4.78 is 108. The number of aliphatic hydroxyl groups is 1. The first-order valence-corrected chi connectivity index (χ1v) is 50.8. The third-order valence-corrected chi connectivity index (χ3v) is 22.7. The number of nitrogens with zero attached hydrogens (tertiary/aromatic N) is 5. The number of aryl methyl sites for hydroxylation is 1. The zero-order chi connectivity index (χ0) is 105. The van der Waals surface area contributed by atoms with Crippen LogP contribution >= 0.6 is 37.3 Å². The number of amides is 3. The van der Waals surface area contributed by atoms with E-state index in [4.69, 9.17) is 60.0 Å². The van der Waals surface area contributed by atoms with Gasteiger partial charge < -0.3 is 45.7 Å². The topological polar surface area (TPSA) is 664 Å². The van der Waals surface area contributed by atoms with Gasteiger partial charge in [-0.3, -0.25) is 98.3 Å². The molecule has 40 nitrogen and oxygen atoms in total. The van der Waals surface area contributed by atoms with Crippen LogP contribution in [0.3, 0.4) is 0 Å². The summed E-state index contributed by atoms with van der Waals surface area (Å²) in [5.74, 6) is 8.77. The maximum atomic E-state index is 12.8. The average Bonchev–Trinajstić information content (AvgIpc) is 1.64. The number of carbonyl (C=O) groups is 15. The molecule has 766 valence electrons. The Labute approximate surface area is 842 Å². The number of alkyl halides is 1. The summed E-state index contributed by atoms with van der Waals surface area (Å²) in [6.07, 6.45) is 8.89. The molecular formula is C88H140BrCl2N12NaO28S4.